The van der Waals surface area contributed by atoms with E-state index in [4.69, 9.17) is 13.9 Å². The number of pyridine rings is 1. The Morgan fingerprint density at radius 2 is 2.27 bits per heavy atom. The van der Waals surface area contributed by atoms with Crippen molar-refractivity contribution in [1.29, 1.82) is 0 Å². The molecule has 0 amide bonds. The van der Waals surface area contributed by atoms with Crippen LogP contribution in [0, 0.1) is 5.92 Å². The summed E-state index contributed by atoms with van der Waals surface area (Å²) in [6, 6.07) is 8.38. The van der Waals surface area contributed by atoms with Crippen molar-refractivity contribution in [2.75, 3.05) is 19.8 Å². The second kappa shape index (κ2) is 6.20. The molecule has 4 rings (SSSR count). The van der Waals surface area contributed by atoms with Crippen molar-refractivity contribution in [3.63, 3.8) is 0 Å². The molecule has 116 valence electrons. The molecule has 0 aromatic carbocycles. The Kier molecular flexibility index (Phi) is 3.93. The van der Waals surface area contributed by atoms with Crippen LogP contribution in [0.15, 0.2) is 47.3 Å². The standard InChI is InChI=1S/C17H20N2O3/c1-3-13(7-18-5-1)10-22-17-9-19(8-14-4-2-6-21-14)16-12-20-11-15(16)17/h1-7,15-17H,8-12H2/t15-,16+,17-/m0/s1. The third-order valence-electron chi connectivity index (χ3n) is 4.58. The van der Waals surface area contributed by atoms with Crippen LogP contribution in [0.4, 0.5) is 0 Å². The first kappa shape index (κ1) is 13.9. The van der Waals surface area contributed by atoms with E-state index in [1.807, 2.05) is 30.5 Å². The molecule has 0 N–H and O–H groups in total. The van der Waals surface area contributed by atoms with Gasteiger partial charge in [-0.3, -0.25) is 9.88 Å². The molecule has 2 aromatic rings. The van der Waals surface area contributed by atoms with Crippen LogP contribution in [-0.2, 0) is 22.6 Å². The fourth-order valence-electron chi connectivity index (χ4n) is 3.44. The van der Waals surface area contributed by atoms with Gasteiger partial charge in [-0.25, -0.2) is 0 Å². The number of aromatic nitrogens is 1. The summed E-state index contributed by atoms with van der Waals surface area (Å²) in [5.74, 6) is 1.45. The molecular weight excluding hydrogens is 280 g/mol. The summed E-state index contributed by atoms with van der Waals surface area (Å²) >= 11 is 0. The van der Waals surface area contributed by atoms with Gasteiger partial charge in [-0.15, -0.1) is 0 Å². The molecule has 5 heteroatoms. The van der Waals surface area contributed by atoms with Gasteiger partial charge < -0.3 is 13.9 Å². The first-order chi connectivity index (χ1) is 10.9. The summed E-state index contributed by atoms with van der Waals surface area (Å²) in [5, 5.41) is 0. The first-order valence-electron chi connectivity index (χ1n) is 7.75. The van der Waals surface area contributed by atoms with Crippen LogP contribution >= 0.6 is 0 Å². The smallest absolute Gasteiger partial charge is 0.117 e. The van der Waals surface area contributed by atoms with Crippen LogP contribution in [0.5, 0.6) is 0 Å². The lowest BCUT2D eigenvalue weighted by molar-refractivity contribution is 0.00835. The lowest BCUT2D eigenvalue weighted by atomic mass is 10.0. The van der Waals surface area contributed by atoms with Crippen molar-refractivity contribution >= 4 is 0 Å². The molecule has 3 atom stereocenters. The van der Waals surface area contributed by atoms with Crippen molar-refractivity contribution in [2.24, 2.45) is 5.92 Å². The fraction of sp³-hybridized carbons (Fsp3) is 0.471. The minimum absolute atomic E-state index is 0.211. The average Bonchev–Trinajstić information content (AvgIpc) is 3.26. The molecule has 2 aromatic heterocycles. The number of hydrogen-bond donors (Lipinski definition) is 0. The van der Waals surface area contributed by atoms with Crippen molar-refractivity contribution in [2.45, 2.75) is 25.3 Å². The number of fused-ring (bicyclic) bond motifs is 1. The molecule has 0 radical (unpaired) electrons. The van der Waals surface area contributed by atoms with E-state index in [2.05, 4.69) is 9.88 Å². The summed E-state index contributed by atoms with van der Waals surface area (Å²) in [6.07, 6.45) is 5.58. The fourth-order valence-corrected chi connectivity index (χ4v) is 3.44. The number of likely N-dealkylation sites (tertiary alicyclic amines) is 1. The van der Waals surface area contributed by atoms with E-state index in [9.17, 15) is 0 Å². The van der Waals surface area contributed by atoms with Gasteiger partial charge in [0.15, 0.2) is 0 Å². The van der Waals surface area contributed by atoms with Crippen molar-refractivity contribution < 1.29 is 13.9 Å². The van der Waals surface area contributed by atoms with Gasteiger partial charge in [0.1, 0.15) is 5.76 Å². The van der Waals surface area contributed by atoms with Crippen LogP contribution in [0.2, 0.25) is 0 Å². The van der Waals surface area contributed by atoms with E-state index < -0.39 is 0 Å². The predicted octanol–water partition coefficient (Wildman–Crippen LogP) is 2.09. The van der Waals surface area contributed by atoms with Crippen LogP contribution in [0.25, 0.3) is 0 Å². The van der Waals surface area contributed by atoms with Gasteiger partial charge in [-0.1, -0.05) is 6.07 Å². The van der Waals surface area contributed by atoms with Gasteiger partial charge >= 0.3 is 0 Å². The van der Waals surface area contributed by atoms with Gasteiger partial charge in [0.25, 0.3) is 0 Å². The number of hydrogen-bond acceptors (Lipinski definition) is 5. The largest absolute Gasteiger partial charge is 0.468 e. The Morgan fingerprint density at radius 1 is 1.27 bits per heavy atom. The molecule has 0 aliphatic carbocycles. The lowest BCUT2D eigenvalue weighted by Gasteiger charge is -2.20. The summed E-state index contributed by atoms with van der Waals surface area (Å²) in [4.78, 5) is 6.55. The third-order valence-corrected chi connectivity index (χ3v) is 4.58. The minimum atomic E-state index is 0.211. The topological polar surface area (TPSA) is 47.7 Å². The van der Waals surface area contributed by atoms with Gasteiger partial charge in [0.2, 0.25) is 0 Å². The monoisotopic (exact) mass is 300 g/mol. The second-order valence-corrected chi connectivity index (χ2v) is 5.99. The second-order valence-electron chi connectivity index (χ2n) is 5.99. The van der Waals surface area contributed by atoms with E-state index in [0.29, 0.717) is 18.6 Å². The van der Waals surface area contributed by atoms with E-state index in [1.165, 1.54) is 0 Å². The van der Waals surface area contributed by atoms with Gasteiger partial charge in [-0.2, -0.15) is 0 Å². The average molecular weight is 300 g/mol. The van der Waals surface area contributed by atoms with E-state index in [0.717, 1.165) is 37.6 Å². The van der Waals surface area contributed by atoms with Crippen LogP contribution in [-0.4, -0.2) is 41.8 Å². The van der Waals surface area contributed by atoms with Gasteiger partial charge in [0, 0.05) is 30.9 Å². The Labute approximate surface area is 129 Å². The van der Waals surface area contributed by atoms with E-state index in [1.54, 1.807) is 12.5 Å². The van der Waals surface area contributed by atoms with Crippen LogP contribution in [0.3, 0.4) is 0 Å². The van der Waals surface area contributed by atoms with Crippen molar-refractivity contribution in [1.82, 2.24) is 9.88 Å². The molecule has 2 aliphatic heterocycles. The van der Waals surface area contributed by atoms with Crippen LogP contribution in [0.1, 0.15) is 11.3 Å². The highest BCUT2D eigenvalue weighted by Crippen LogP contribution is 2.33. The maximum Gasteiger partial charge on any atom is 0.117 e. The van der Waals surface area contributed by atoms with Crippen molar-refractivity contribution in [3.8, 4) is 0 Å². The van der Waals surface area contributed by atoms with Gasteiger partial charge in [0.05, 0.1) is 38.7 Å². The molecule has 0 saturated carbocycles. The normalized spacial score (nSPS) is 28.1. The summed E-state index contributed by atoms with van der Waals surface area (Å²) in [6.45, 7) is 3.94. The highest BCUT2D eigenvalue weighted by Gasteiger charge is 2.46. The number of rotatable bonds is 5. The highest BCUT2D eigenvalue weighted by atomic mass is 16.5. The van der Waals surface area contributed by atoms with E-state index in [-0.39, 0.29) is 6.10 Å². The third kappa shape index (κ3) is 2.79. The van der Waals surface area contributed by atoms with Crippen LogP contribution < -0.4 is 0 Å². The lowest BCUT2D eigenvalue weighted by Crippen LogP contribution is -2.32. The predicted molar refractivity (Wildman–Crippen MR) is 80.0 cm³/mol. The Hall–Kier alpha value is -1.69. The number of ether oxygens (including phenoxy) is 2. The molecule has 2 saturated heterocycles. The molecule has 22 heavy (non-hydrogen) atoms. The molecule has 4 heterocycles. The maximum atomic E-state index is 6.16. The Bertz CT molecular complexity index is 587. The number of furan rings is 1. The zero-order valence-corrected chi connectivity index (χ0v) is 12.4. The Morgan fingerprint density at radius 3 is 3.09 bits per heavy atom. The molecule has 2 fully saturated rings. The molecular formula is C17H20N2O3. The molecule has 0 unspecified atom stereocenters. The quantitative estimate of drug-likeness (QED) is 0.846. The summed E-state index contributed by atoms with van der Waals surface area (Å²) in [7, 11) is 0. The molecule has 0 bridgehead atoms. The maximum absolute atomic E-state index is 6.16. The zero-order chi connectivity index (χ0) is 14.8. The van der Waals surface area contributed by atoms with E-state index >= 15 is 0 Å². The highest BCUT2D eigenvalue weighted by molar-refractivity contribution is 5.08. The molecule has 5 nitrogen and oxygen atoms in total. The van der Waals surface area contributed by atoms with Gasteiger partial charge in [-0.05, 0) is 23.8 Å². The Balaban J connectivity index is 1.40. The zero-order valence-electron chi connectivity index (χ0n) is 12.4. The minimum Gasteiger partial charge on any atom is -0.468 e. The molecule has 0 spiro atoms. The number of nitrogens with zero attached hydrogens (tertiary/aromatic N) is 2. The first-order valence-corrected chi connectivity index (χ1v) is 7.75. The SMILES string of the molecule is c1cncc(CO[C@H]2CN(Cc3ccco3)[C@@H]3COC[C@H]23)c1. The summed E-state index contributed by atoms with van der Waals surface area (Å²) < 4.78 is 17.3. The summed E-state index contributed by atoms with van der Waals surface area (Å²) in [5.41, 5.74) is 1.11. The molecule has 2 aliphatic rings. The van der Waals surface area contributed by atoms with Crippen molar-refractivity contribution in [3.05, 3.63) is 54.2 Å².